The third-order valence-corrected chi connectivity index (χ3v) is 4.81. The van der Waals surface area contributed by atoms with Crippen LogP contribution in [0.25, 0.3) is 10.9 Å². The van der Waals surface area contributed by atoms with Crippen LogP contribution in [0.4, 0.5) is 5.95 Å². The number of nitrogens with zero attached hydrogens (tertiary/aromatic N) is 4. The van der Waals surface area contributed by atoms with Gasteiger partial charge in [0.05, 0.1) is 17.5 Å². The molecule has 4 rings (SSSR count). The Morgan fingerprint density at radius 2 is 1.62 bits per heavy atom. The molecule has 0 aliphatic carbocycles. The highest BCUT2D eigenvalue weighted by molar-refractivity contribution is 5.84. The smallest absolute Gasteiger partial charge is 0.229 e. The van der Waals surface area contributed by atoms with E-state index >= 15 is 0 Å². The van der Waals surface area contributed by atoms with E-state index < -0.39 is 0 Å². The SMILES string of the molecule is CN1CCN(c2nc(OCCc3ccccc3)c3ccccc3n2)CC1. The number of para-hydroxylation sites is 1. The lowest BCUT2D eigenvalue weighted by Gasteiger charge is -2.32. The molecule has 1 aromatic heterocycles. The monoisotopic (exact) mass is 348 g/mol. The lowest BCUT2D eigenvalue weighted by Crippen LogP contribution is -2.45. The van der Waals surface area contributed by atoms with Crippen LogP contribution in [0.15, 0.2) is 54.6 Å². The van der Waals surface area contributed by atoms with Gasteiger partial charge in [-0.3, -0.25) is 0 Å². The number of hydrogen-bond acceptors (Lipinski definition) is 5. The average Bonchev–Trinajstić information content (AvgIpc) is 2.69. The second kappa shape index (κ2) is 7.70. The summed E-state index contributed by atoms with van der Waals surface area (Å²) in [7, 11) is 2.15. The number of aromatic nitrogens is 2. The lowest BCUT2D eigenvalue weighted by molar-refractivity contribution is 0.305. The number of piperazine rings is 1. The molecule has 2 aromatic carbocycles. The van der Waals surface area contributed by atoms with Gasteiger partial charge in [-0.05, 0) is 24.7 Å². The summed E-state index contributed by atoms with van der Waals surface area (Å²) in [6.45, 7) is 4.55. The third kappa shape index (κ3) is 3.78. The molecular weight excluding hydrogens is 324 g/mol. The minimum absolute atomic E-state index is 0.604. The molecule has 2 heterocycles. The molecule has 1 aliphatic rings. The van der Waals surface area contributed by atoms with E-state index in [-0.39, 0.29) is 0 Å². The minimum Gasteiger partial charge on any atom is -0.477 e. The number of likely N-dealkylation sites (N-methyl/N-ethyl adjacent to an activating group) is 1. The Balaban J connectivity index is 1.56. The topological polar surface area (TPSA) is 41.5 Å². The third-order valence-electron chi connectivity index (χ3n) is 4.81. The van der Waals surface area contributed by atoms with Gasteiger partial charge < -0.3 is 14.5 Å². The first-order valence-corrected chi connectivity index (χ1v) is 9.16. The van der Waals surface area contributed by atoms with Gasteiger partial charge in [0.15, 0.2) is 0 Å². The highest BCUT2D eigenvalue weighted by Gasteiger charge is 2.18. The van der Waals surface area contributed by atoms with E-state index in [1.165, 1.54) is 5.56 Å². The zero-order chi connectivity index (χ0) is 17.8. The molecule has 0 radical (unpaired) electrons. The standard InChI is InChI=1S/C21H24N4O/c1-24-12-14-25(15-13-24)21-22-19-10-6-5-9-18(19)20(23-21)26-16-11-17-7-3-2-4-8-17/h2-10H,11-16H2,1H3. The van der Waals surface area contributed by atoms with Crippen LogP contribution < -0.4 is 9.64 Å². The van der Waals surface area contributed by atoms with Gasteiger partial charge in [0, 0.05) is 32.6 Å². The fourth-order valence-corrected chi connectivity index (χ4v) is 3.20. The molecule has 5 nitrogen and oxygen atoms in total. The van der Waals surface area contributed by atoms with E-state index in [1.807, 2.05) is 30.3 Å². The second-order valence-corrected chi connectivity index (χ2v) is 6.72. The zero-order valence-corrected chi connectivity index (χ0v) is 15.1. The molecule has 0 amide bonds. The van der Waals surface area contributed by atoms with Gasteiger partial charge >= 0.3 is 0 Å². The molecule has 0 N–H and O–H groups in total. The molecule has 0 saturated carbocycles. The molecule has 5 heteroatoms. The van der Waals surface area contributed by atoms with Crippen LogP contribution in [0.5, 0.6) is 5.88 Å². The summed E-state index contributed by atoms with van der Waals surface area (Å²) in [4.78, 5) is 14.1. The first-order chi connectivity index (χ1) is 12.8. The molecule has 1 saturated heterocycles. The summed E-state index contributed by atoms with van der Waals surface area (Å²) in [6, 6.07) is 18.5. The number of rotatable bonds is 5. The Morgan fingerprint density at radius 1 is 0.885 bits per heavy atom. The Kier molecular flexibility index (Phi) is 4.97. The summed E-state index contributed by atoms with van der Waals surface area (Å²) in [6.07, 6.45) is 0.864. The molecule has 0 atom stereocenters. The Morgan fingerprint density at radius 3 is 2.42 bits per heavy atom. The molecular formula is C21H24N4O. The van der Waals surface area contributed by atoms with Crippen molar-refractivity contribution in [2.75, 3.05) is 44.7 Å². The maximum atomic E-state index is 6.09. The van der Waals surface area contributed by atoms with Gasteiger partial charge in [-0.2, -0.15) is 4.98 Å². The van der Waals surface area contributed by atoms with Crippen molar-refractivity contribution in [3.8, 4) is 5.88 Å². The van der Waals surface area contributed by atoms with Crippen LogP contribution >= 0.6 is 0 Å². The molecule has 26 heavy (non-hydrogen) atoms. The maximum Gasteiger partial charge on any atom is 0.229 e. The van der Waals surface area contributed by atoms with Crippen molar-refractivity contribution >= 4 is 16.9 Å². The molecule has 1 fully saturated rings. The van der Waals surface area contributed by atoms with Crippen LogP contribution in [0, 0.1) is 0 Å². The number of fused-ring (bicyclic) bond motifs is 1. The minimum atomic E-state index is 0.604. The summed E-state index contributed by atoms with van der Waals surface area (Å²) in [5, 5.41) is 0.971. The van der Waals surface area contributed by atoms with Gasteiger partial charge in [0.2, 0.25) is 11.8 Å². The highest BCUT2D eigenvalue weighted by atomic mass is 16.5. The predicted molar refractivity (Wildman–Crippen MR) is 105 cm³/mol. The molecule has 0 unspecified atom stereocenters. The first kappa shape index (κ1) is 16.8. The number of benzene rings is 2. The molecule has 0 bridgehead atoms. The van der Waals surface area contributed by atoms with Crippen molar-refractivity contribution in [1.29, 1.82) is 0 Å². The highest BCUT2D eigenvalue weighted by Crippen LogP contribution is 2.26. The first-order valence-electron chi connectivity index (χ1n) is 9.16. The summed E-state index contributed by atoms with van der Waals surface area (Å²) in [5.41, 5.74) is 2.20. The Hall–Kier alpha value is -2.66. The molecule has 134 valence electrons. The van der Waals surface area contributed by atoms with Crippen LogP contribution in [0.1, 0.15) is 5.56 Å². The van der Waals surface area contributed by atoms with Crippen LogP contribution in [0.3, 0.4) is 0 Å². The van der Waals surface area contributed by atoms with Gasteiger partial charge in [0.25, 0.3) is 0 Å². The summed E-state index contributed by atoms with van der Waals surface area (Å²) in [5.74, 6) is 1.45. The average molecular weight is 348 g/mol. The van der Waals surface area contributed by atoms with E-state index in [1.54, 1.807) is 0 Å². The van der Waals surface area contributed by atoms with Crippen molar-refractivity contribution in [3.63, 3.8) is 0 Å². The summed E-state index contributed by atoms with van der Waals surface area (Å²) < 4.78 is 6.09. The Labute approximate surface area is 154 Å². The van der Waals surface area contributed by atoms with Crippen LogP contribution in [-0.4, -0.2) is 54.7 Å². The van der Waals surface area contributed by atoms with Gasteiger partial charge in [0.1, 0.15) is 0 Å². The van der Waals surface area contributed by atoms with Crippen LogP contribution in [0.2, 0.25) is 0 Å². The largest absolute Gasteiger partial charge is 0.477 e. The van der Waals surface area contributed by atoms with Crippen molar-refractivity contribution in [2.24, 2.45) is 0 Å². The predicted octanol–water partition coefficient (Wildman–Crippen LogP) is 3.00. The van der Waals surface area contributed by atoms with E-state index in [0.29, 0.717) is 12.5 Å². The fourth-order valence-electron chi connectivity index (χ4n) is 3.20. The van der Waals surface area contributed by atoms with Gasteiger partial charge in [-0.15, -0.1) is 0 Å². The molecule has 1 aliphatic heterocycles. The summed E-state index contributed by atoms with van der Waals surface area (Å²) >= 11 is 0. The quantitative estimate of drug-likeness (QED) is 0.709. The number of ether oxygens (including phenoxy) is 1. The maximum absolute atomic E-state index is 6.09. The zero-order valence-electron chi connectivity index (χ0n) is 15.1. The normalized spacial score (nSPS) is 15.3. The molecule has 0 spiro atoms. The number of hydrogen-bond donors (Lipinski definition) is 0. The lowest BCUT2D eigenvalue weighted by atomic mass is 10.2. The van der Waals surface area contributed by atoms with E-state index in [2.05, 4.69) is 41.1 Å². The van der Waals surface area contributed by atoms with Crippen molar-refractivity contribution in [2.45, 2.75) is 6.42 Å². The van der Waals surface area contributed by atoms with E-state index in [4.69, 9.17) is 14.7 Å². The van der Waals surface area contributed by atoms with Crippen molar-refractivity contribution in [1.82, 2.24) is 14.9 Å². The van der Waals surface area contributed by atoms with Crippen LogP contribution in [-0.2, 0) is 6.42 Å². The van der Waals surface area contributed by atoms with E-state index in [0.717, 1.165) is 49.5 Å². The Bertz CT molecular complexity index is 860. The van der Waals surface area contributed by atoms with Crippen molar-refractivity contribution in [3.05, 3.63) is 60.2 Å². The fraction of sp³-hybridized carbons (Fsp3) is 0.333. The van der Waals surface area contributed by atoms with Gasteiger partial charge in [-0.25, -0.2) is 4.98 Å². The van der Waals surface area contributed by atoms with E-state index in [9.17, 15) is 0 Å². The van der Waals surface area contributed by atoms with Gasteiger partial charge in [-0.1, -0.05) is 42.5 Å². The second-order valence-electron chi connectivity index (χ2n) is 6.72. The number of anilines is 1. The van der Waals surface area contributed by atoms with Crippen molar-refractivity contribution < 1.29 is 4.74 Å². The molecule has 3 aromatic rings.